The number of ketones is 1. The number of hydrogen-bond acceptors (Lipinski definition) is 5. The molecule has 1 aliphatic rings. The second-order valence-electron chi connectivity index (χ2n) is 7.46. The number of carbonyl (C=O) groups is 2. The van der Waals surface area contributed by atoms with Gasteiger partial charge in [0.1, 0.15) is 17.3 Å². The molecule has 1 atom stereocenters. The van der Waals surface area contributed by atoms with Crippen LogP contribution in [0.3, 0.4) is 0 Å². The van der Waals surface area contributed by atoms with E-state index in [1.807, 2.05) is 31.2 Å². The van der Waals surface area contributed by atoms with Gasteiger partial charge in [-0.15, -0.1) is 0 Å². The summed E-state index contributed by atoms with van der Waals surface area (Å²) in [5.74, 6) is -0.594. The van der Waals surface area contributed by atoms with Crippen molar-refractivity contribution in [3.05, 3.63) is 95.1 Å². The number of rotatable bonds is 5. The molecule has 1 fully saturated rings. The standard InChI is InChI=1S/C26H23NO5/c1-16-8-4-5-13-21(16)27-23(17-9-6-11-19(14-17)31-2)22(25(29)26(27)30)24(28)18-10-7-12-20(15-18)32-3/h4-15,23,28H,1-3H3/b24-22-. The van der Waals surface area contributed by atoms with Gasteiger partial charge in [-0.3, -0.25) is 14.5 Å². The Labute approximate surface area is 186 Å². The number of amides is 1. The molecular weight excluding hydrogens is 406 g/mol. The Balaban J connectivity index is 1.98. The number of aryl methyl sites for hydroxylation is 1. The highest BCUT2D eigenvalue weighted by molar-refractivity contribution is 6.51. The first-order valence-corrected chi connectivity index (χ1v) is 10.1. The lowest BCUT2D eigenvalue weighted by molar-refractivity contribution is -0.132. The maximum absolute atomic E-state index is 13.2. The van der Waals surface area contributed by atoms with Gasteiger partial charge in [0.25, 0.3) is 11.7 Å². The highest BCUT2D eigenvalue weighted by Crippen LogP contribution is 2.43. The lowest BCUT2D eigenvalue weighted by Crippen LogP contribution is -2.30. The molecule has 1 saturated heterocycles. The predicted molar refractivity (Wildman–Crippen MR) is 122 cm³/mol. The number of anilines is 1. The number of hydrogen-bond donors (Lipinski definition) is 1. The number of nitrogens with zero attached hydrogens (tertiary/aromatic N) is 1. The number of para-hydroxylation sites is 1. The Bertz CT molecular complexity index is 1230. The van der Waals surface area contributed by atoms with Gasteiger partial charge in [-0.1, -0.05) is 42.5 Å². The lowest BCUT2D eigenvalue weighted by Gasteiger charge is -2.27. The third-order valence-corrected chi connectivity index (χ3v) is 5.57. The molecule has 6 nitrogen and oxygen atoms in total. The molecule has 0 spiro atoms. The molecule has 0 saturated carbocycles. The summed E-state index contributed by atoms with van der Waals surface area (Å²) in [6.07, 6.45) is 0. The van der Waals surface area contributed by atoms with E-state index >= 15 is 0 Å². The molecule has 1 unspecified atom stereocenters. The normalized spacial score (nSPS) is 17.5. The summed E-state index contributed by atoms with van der Waals surface area (Å²) in [5, 5.41) is 11.2. The average molecular weight is 429 g/mol. The summed E-state index contributed by atoms with van der Waals surface area (Å²) in [6.45, 7) is 1.87. The Kier molecular flexibility index (Phi) is 5.69. The van der Waals surface area contributed by atoms with Gasteiger partial charge in [-0.25, -0.2) is 0 Å². The fourth-order valence-corrected chi connectivity index (χ4v) is 3.97. The first-order valence-electron chi connectivity index (χ1n) is 10.1. The third-order valence-electron chi connectivity index (χ3n) is 5.57. The number of Topliss-reactive ketones (excluding diaryl/α,β-unsaturated/α-hetero) is 1. The maximum atomic E-state index is 13.2. The quantitative estimate of drug-likeness (QED) is 0.363. The molecule has 32 heavy (non-hydrogen) atoms. The van der Waals surface area contributed by atoms with Gasteiger partial charge in [0.15, 0.2) is 0 Å². The van der Waals surface area contributed by atoms with Crippen LogP contribution in [0.2, 0.25) is 0 Å². The number of ether oxygens (including phenoxy) is 2. The molecule has 0 aromatic heterocycles. The Morgan fingerprint density at radius 2 is 1.53 bits per heavy atom. The van der Waals surface area contributed by atoms with Crippen LogP contribution in [0.5, 0.6) is 11.5 Å². The van der Waals surface area contributed by atoms with Crippen molar-refractivity contribution >= 4 is 23.1 Å². The summed E-state index contributed by atoms with van der Waals surface area (Å²) in [7, 11) is 3.07. The minimum atomic E-state index is -0.822. The molecule has 1 heterocycles. The number of methoxy groups -OCH3 is 2. The molecule has 3 aromatic carbocycles. The van der Waals surface area contributed by atoms with Crippen LogP contribution in [-0.2, 0) is 9.59 Å². The summed E-state index contributed by atoms with van der Waals surface area (Å²) in [5.41, 5.74) is 2.49. The van der Waals surface area contributed by atoms with Crippen LogP contribution in [-0.4, -0.2) is 31.0 Å². The van der Waals surface area contributed by atoms with Crippen molar-refractivity contribution in [2.24, 2.45) is 0 Å². The van der Waals surface area contributed by atoms with Crippen LogP contribution in [0.25, 0.3) is 5.76 Å². The summed E-state index contributed by atoms with van der Waals surface area (Å²) < 4.78 is 10.6. The number of aliphatic hydroxyl groups excluding tert-OH is 1. The summed E-state index contributed by atoms with van der Waals surface area (Å²) in [4.78, 5) is 27.9. The van der Waals surface area contributed by atoms with Gasteiger partial charge in [0, 0.05) is 11.3 Å². The largest absolute Gasteiger partial charge is 0.507 e. The van der Waals surface area contributed by atoms with Gasteiger partial charge in [-0.2, -0.15) is 0 Å². The van der Waals surface area contributed by atoms with Crippen molar-refractivity contribution in [3.63, 3.8) is 0 Å². The highest BCUT2D eigenvalue weighted by Gasteiger charge is 2.47. The van der Waals surface area contributed by atoms with Gasteiger partial charge in [-0.05, 0) is 48.4 Å². The fourth-order valence-electron chi connectivity index (χ4n) is 3.97. The van der Waals surface area contributed by atoms with E-state index in [9.17, 15) is 14.7 Å². The van der Waals surface area contributed by atoms with Crippen LogP contribution in [0.15, 0.2) is 78.4 Å². The molecule has 1 amide bonds. The molecule has 4 rings (SSSR count). The van der Waals surface area contributed by atoms with E-state index in [1.54, 1.807) is 55.6 Å². The molecule has 1 aliphatic heterocycles. The molecule has 6 heteroatoms. The van der Waals surface area contributed by atoms with Gasteiger partial charge in [0.2, 0.25) is 0 Å². The average Bonchev–Trinajstić information content (AvgIpc) is 3.09. The van der Waals surface area contributed by atoms with E-state index < -0.39 is 17.7 Å². The van der Waals surface area contributed by atoms with Crippen LogP contribution < -0.4 is 14.4 Å². The first-order chi connectivity index (χ1) is 15.5. The van der Waals surface area contributed by atoms with E-state index in [-0.39, 0.29) is 11.3 Å². The SMILES string of the molecule is COc1cccc(/C(O)=C2/C(=O)C(=O)N(c3ccccc3C)C2c2cccc(OC)c2)c1. The monoisotopic (exact) mass is 429 g/mol. The van der Waals surface area contributed by atoms with Crippen molar-refractivity contribution in [2.45, 2.75) is 13.0 Å². The second-order valence-corrected chi connectivity index (χ2v) is 7.46. The minimum absolute atomic E-state index is 0.0137. The molecule has 0 bridgehead atoms. The van der Waals surface area contributed by atoms with E-state index in [1.165, 1.54) is 12.0 Å². The smallest absolute Gasteiger partial charge is 0.300 e. The second kappa shape index (κ2) is 8.59. The predicted octanol–water partition coefficient (Wildman–Crippen LogP) is 4.64. The van der Waals surface area contributed by atoms with E-state index in [4.69, 9.17) is 9.47 Å². The van der Waals surface area contributed by atoms with Crippen LogP contribution in [0, 0.1) is 6.92 Å². The fraction of sp³-hybridized carbons (Fsp3) is 0.154. The third kappa shape index (κ3) is 3.60. The molecule has 0 aliphatic carbocycles. The topological polar surface area (TPSA) is 76.1 Å². The zero-order valence-corrected chi connectivity index (χ0v) is 18.0. The molecule has 3 aromatic rings. The van der Waals surface area contributed by atoms with Gasteiger partial charge >= 0.3 is 0 Å². The van der Waals surface area contributed by atoms with E-state index in [0.717, 1.165) is 5.56 Å². The number of benzene rings is 3. The van der Waals surface area contributed by atoms with Crippen LogP contribution in [0.4, 0.5) is 5.69 Å². The van der Waals surface area contributed by atoms with Gasteiger partial charge < -0.3 is 14.6 Å². The summed E-state index contributed by atoms with van der Waals surface area (Å²) >= 11 is 0. The Hall–Kier alpha value is -4.06. The molecule has 0 radical (unpaired) electrons. The Morgan fingerprint density at radius 1 is 0.875 bits per heavy atom. The summed E-state index contributed by atoms with van der Waals surface area (Å²) in [6, 6.07) is 20.4. The van der Waals surface area contributed by atoms with Crippen molar-refractivity contribution in [3.8, 4) is 11.5 Å². The Morgan fingerprint density at radius 3 is 2.22 bits per heavy atom. The van der Waals surface area contributed by atoms with Crippen molar-refractivity contribution in [1.29, 1.82) is 0 Å². The van der Waals surface area contributed by atoms with Crippen LogP contribution >= 0.6 is 0 Å². The zero-order valence-electron chi connectivity index (χ0n) is 18.0. The minimum Gasteiger partial charge on any atom is -0.507 e. The number of carbonyl (C=O) groups excluding carboxylic acids is 2. The highest BCUT2D eigenvalue weighted by atomic mass is 16.5. The number of aliphatic hydroxyl groups is 1. The van der Waals surface area contributed by atoms with Crippen molar-refractivity contribution in [1.82, 2.24) is 0 Å². The van der Waals surface area contributed by atoms with Crippen molar-refractivity contribution < 1.29 is 24.2 Å². The van der Waals surface area contributed by atoms with Crippen LogP contribution in [0.1, 0.15) is 22.7 Å². The first kappa shape index (κ1) is 21.2. The molecule has 162 valence electrons. The molecular formula is C26H23NO5. The van der Waals surface area contributed by atoms with E-state index in [2.05, 4.69) is 0 Å². The maximum Gasteiger partial charge on any atom is 0.300 e. The van der Waals surface area contributed by atoms with Crippen molar-refractivity contribution in [2.75, 3.05) is 19.1 Å². The van der Waals surface area contributed by atoms with E-state index in [0.29, 0.717) is 28.3 Å². The van der Waals surface area contributed by atoms with Gasteiger partial charge in [0.05, 0.1) is 25.8 Å². The molecule has 1 N–H and O–H groups in total. The lowest BCUT2D eigenvalue weighted by atomic mass is 9.94. The zero-order chi connectivity index (χ0) is 22.8.